The van der Waals surface area contributed by atoms with Crippen LogP contribution >= 0.6 is 35.6 Å². The van der Waals surface area contributed by atoms with E-state index in [2.05, 4.69) is 32.6 Å². The molecule has 0 radical (unpaired) electrons. The van der Waals surface area contributed by atoms with E-state index in [4.69, 9.17) is 21.9 Å². The minimum Gasteiger partial charge on any atom is -0.370 e. The Labute approximate surface area is 185 Å². The molecule has 0 unspecified atom stereocenters. The number of hydrogen-bond acceptors (Lipinski definition) is 4. The number of nitrogens with two attached hydrogens (primary N) is 1. The highest BCUT2D eigenvalue weighted by Crippen LogP contribution is 2.27. The molecule has 3 aromatic rings. The predicted octanol–water partition coefficient (Wildman–Crippen LogP) is 4.81. The fourth-order valence-electron chi connectivity index (χ4n) is 3.29. The topological polar surface area (TPSA) is 89.3 Å². The number of rotatable bonds is 4. The summed E-state index contributed by atoms with van der Waals surface area (Å²) in [6.45, 7) is 0.210. The summed E-state index contributed by atoms with van der Waals surface area (Å²) in [5.74, 6) is 1.20. The third kappa shape index (κ3) is 4.82. The predicted molar refractivity (Wildman–Crippen MR) is 122 cm³/mol. The first-order valence-corrected chi connectivity index (χ1v) is 9.33. The van der Waals surface area contributed by atoms with Crippen LogP contribution in [0.4, 0.5) is 5.69 Å². The molecule has 0 spiro atoms. The van der Waals surface area contributed by atoms with Gasteiger partial charge in [-0.2, -0.15) is 4.98 Å². The van der Waals surface area contributed by atoms with E-state index < -0.39 is 0 Å². The van der Waals surface area contributed by atoms with Crippen LogP contribution in [-0.4, -0.2) is 16.1 Å². The van der Waals surface area contributed by atoms with Gasteiger partial charge in [-0.25, -0.2) is 4.99 Å². The maximum Gasteiger partial charge on any atom is 0.248 e. The summed E-state index contributed by atoms with van der Waals surface area (Å²) in [7, 11) is 0. The van der Waals surface area contributed by atoms with Gasteiger partial charge in [0.2, 0.25) is 11.7 Å². The van der Waals surface area contributed by atoms with Gasteiger partial charge < -0.3 is 15.6 Å². The van der Waals surface area contributed by atoms with Crippen molar-refractivity contribution in [1.82, 2.24) is 10.1 Å². The zero-order valence-corrected chi connectivity index (χ0v) is 18.3. The SMILES string of the molecule is I.NC(=NCc1nc(-c2cccc(Cl)c2)no1)Nc1cccc2c1CCCC2. The Kier molecular flexibility index (Phi) is 6.90. The van der Waals surface area contributed by atoms with Crippen LogP contribution in [0.1, 0.15) is 29.9 Å². The second kappa shape index (κ2) is 9.38. The molecule has 0 saturated carbocycles. The van der Waals surface area contributed by atoms with E-state index in [9.17, 15) is 0 Å². The first-order valence-electron chi connectivity index (χ1n) is 8.95. The fraction of sp³-hybridized carbons (Fsp3) is 0.250. The lowest BCUT2D eigenvalue weighted by Gasteiger charge is -2.19. The van der Waals surface area contributed by atoms with Crippen LogP contribution in [0.5, 0.6) is 0 Å². The van der Waals surface area contributed by atoms with Crippen LogP contribution in [0, 0.1) is 0 Å². The molecule has 8 heteroatoms. The van der Waals surface area contributed by atoms with Gasteiger partial charge in [-0.1, -0.05) is 41.0 Å². The molecule has 1 heterocycles. The average molecular weight is 510 g/mol. The van der Waals surface area contributed by atoms with E-state index in [0.717, 1.165) is 24.1 Å². The maximum absolute atomic E-state index is 6.06. The summed E-state index contributed by atoms with van der Waals surface area (Å²) in [6, 6.07) is 13.6. The van der Waals surface area contributed by atoms with Gasteiger partial charge in [0.1, 0.15) is 6.54 Å². The van der Waals surface area contributed by atoms with E-state index in [0.29, 0.717) is 22.7 Å². The Hall–Kier alpha value is -2.13. The van der Waals surface area contributed by atoms with E-state index in [1.807, 2.05) is 18.2 Å². The molecule has 0 saturated heterocycles. The molecule has 0 fully saturated rings. The Morgan fingerprint density at radius 1 is 1.18 bits per heavy atom. The van der Waals surface area contributed by atoms with Crippen molar-refractivity contribution in [2.24, 2.45) is 10.7 Å². The largest absolute Gasteiger partial charge is 0.370 e. The zero-order chi connectivity index (χ0) is 18.6. The number of aromatic nitrogens is 2. The molecule has 4 rings (SSSR count). The minimum absolute atomic E-state index is 0. The van der Waals surface area contributed by atoms with Crippen molar-refractivity contribution in [2.75, 3.05) is 5.32 Å². The van der Waals surface area contributed by atoms with Crippen molar-refractivity contribution < 1.29 is 4.52 Å². The van der Waals surface area contributed by atoms with E-state index >= 15 is 0 Å². The summed E-state index contributed by atoms with van der Waals surface area (Å²) in [5, 5.41) is 7.80. The van der Waals surface area contributed by atoms with Crippen molar-refractivity contribution in [3.63, 3.8) is 0 Å². The van der Waals surface area contributed by atoms with Gasteiger partial charge in [0.25, 0.3) is 0 Å². The zero-order valence-electron chi connectivity index (χ0n) is 15.2. The van der Waals surface area contributed by atoms with Crippen molar-refractivity contribution in [3.8, 4) is 11.4 Å². The molecule has 1 aliphatic rings. The highest BCUT2D eigenvalue weighted by molar-refractivity contribution is 14.0. The number of nitrogens with zero attached hydrogens (tertiary/aromatic N) is 3. The lowest BCUT2D eigenvalue weighted by atomic mass is 9.90. The average Bonchev–Trinajstić information content (AvgIpc) is 3.16. The molecule has 2 aromatic carbocycles. The lowest BCUT2D eigenvalue weighted by Crippen LogP contribution is -2.24. The monoisotopic (exact) mass is 509 g/mol. The summed E-state index contributed by atoms with van der Waals surface area (Å²) in [5.41, 5.74) is 10.6. The number of benzene rings is 2. The second-order valence-electron chi connectivity index (χ2n) is 6.50. The summed E-state index contributed by atoms with van der Waals surface area (Å²) in [6.07, 6.45) is 4.64. The molecule has 0 atom stereocenters. The van der Waals surface area contributed by atoms with Gasteiger partial charge in [-0.05, 0) is 55.0 Å². The van der Waals surface area contributed by atoms with Crippen molar-refractivity contribution in [2.45, 2.75) is 32.2 Å². The fourth-order valence-corrected chi connectivity index (χ4v) is 3.48. The quantitative estimate of drug-likeness (QED) is 0.299. The third-order valence-electron chi connectivity index (χ3n) is 4.59. The lowest BCUT2D eigenvalue weighted by molar-refractivity contribution is 0.381. The number of nitrogens with one attached hydrogen (secondary N) is 1. The number of hydrogen-bond donors (Lipinski definition) is 2. The van der Waals surface area contributed by atoms with Gasteiger partial charge >= 0.3 is 0 Å². The standard InChI is InChI=1S/C20H20ClN5O.HI/c21-15-8-3-7-14(11-15)19-25-18(27-26-19)12-23-20(22)24-17-10-4-6-13-5-1-2-9-16(13)17;/h3-4,6-8,10-11H,1-2,5,9,12H2,(H3,22,23,24);1H. The molecule has 146 valence electrons. The molecular weight excluding hydrogens is 489 g/mol. The van der Waals surface area contributed by atoms with Crippen LogP contribution in [0.25, 0.3) is 11.4 Å². The molecule has 28 heavy (non-hydrogen) atoms. The highest BCUT2D eigenvalue weighted by Gasteiger charge is 2.13. The Morgan fingerprint density at radius 3 is 2.86 bits per heavy atom. The summed E-state index contributed by atoms with van der Waals surface area (Å²) in [4.78, 5) is 8.67. The molecule has 1 aromatic heterocycles. The van der Waals surface area contributed by atoms with Gasteiger partial charge in [0.15, 0.2) is 5.96 Å². The molecule has 0 bridgehead atoms. The first-order chi connectivity index (χ1) is 13.2. The first kappa shape index (κ1) is 20.6. The van der Waals surface area contributed by atoms with Crippen LogP contribution in [0.2, 0.25) is 5.02 Å². The highest BCUT2D eigenvalue weighted by atomic mass is 127. The van der Waals surface area contributed by atoms with E-state index in [-0.39, 0.29) is 30.5 Å². The molecule has 0 amide bonds. The van der Waals surface area contributed by atoms with Crippen LogP contribution < -0.4 is 11.1 Å². The van der Waals surface area contributed by atoms with E-state index in [1.165, 1.54) is 24.0 Å². The molecule has 6 nitrogen and oxygen atoms in total. The number of halogens is 2. The Morgan fingerprint density at radius 2 is 2.00 bits per heavy atom. The van der Waals surface area contributed by atoms with Crippen LogP contribution in [0.15, 0.2) is 52.0 Å². The Bertz CT molecular complexity index is 988. The van der Waals surface area contributed by atoms with Crippen molar-refractivity contribution in [1.29, 1.82) is 0 Å². The molecule has 3 N–H and O–H groups in total. The van der Waals surface area contributed by atoms with Gasteiger partial charge in [-0.15, -0.1) is 24.0 Å². The molecule has 1 aliphatic carbocycles. The summed E-state index contributed by atoms with van der Waals surface area (Å²) < 4.78 is 5.26. The smallest absolute Gasteiger partial charge is 0.248 e. The summed E-state index contributed by atoms with van der Waals surface area (Å²) >= 11 is 6.00. The van der Waals surface area contributed by atoms with Crippen molar-refractivity contribution >= 4 is 47.2 Å². The van der Waals surface area contributed by atoms with Gasteiger partial charge in [0.05, 0.1) is 0 Å². The number of anilines is 1. The normalized spacial score (nSPS) is 13.5. The Balaban J connectivity index is 0.00000225. The van der Waals surface area contributed by atoms with E-state index in [1.54, 1.807) is 12.1 Å². The number of aliphatic imine (C=N–C) groups is 1. The second-order valence-corrected chi connectivity index (χ2v) is 6.94. The molecule has 0 aliphatic heterocycles. The number of guanidine groups is 1. The number of aryl methyl sites for hydroxylation is 1. The van der Waals surface area contributed by atoms with Crippen LogP contribution in [-0.2, 0) is 19.4 Å². The minimum atomic E-state index is 0. The maximum atomic E-state index is 6.06. The van der Waals surface area contributed by atoms with Gasteiger partial charge in [0, 0.05) is 16.3 Å². The van der Waals surface area contributed by atoms with Gasteiger partial charge in [-0.3, -0.25) is 0 Å². The molecular formula is C20H21ClIN5O. The van der Waals surface area contributed by atoms with Crippen LogP contribution in [0.3, 0.4) is 0 Å². The third-order valence-corrected chi connectivity index (χ3v) is 4.83. The van der Waals surface area contributed by atoms with Crippen molar-refractivity contribution in [3.05, 3.63) is 64.5 Å². The number of fused-ring (bicyclic) bond motifs is 1.